The summed E-state index contributed by atoms with van der Waals surface area (Å²) in [7, 11) is 3.39. The number of carbonyl (C=O) groups excluding carboxylic acids is 1. The summed E-state index contributed by atoms with van der Waals surface area (Å²) < 4.78 is 0. The highest BCUT2D eigenvalue weighted by molar-refractivity contribution is 5.84. The Balaban J connectivity index is 2.38. The number of H-pyrrole nitrogens is 1. The van der Waals surface area contributed by atoms with Crippen LogP contribution in [0.4, 0.5) is 0 Å². The maximum atomic E-state index is 11.8. The molecule has 0 bridgehead atoms. The number of aromatic nitrogens is 2. The Kier molecular flexibility index (Phi) is 2.85. The summed E-state index contributed by atoms with van der Waals surface area (Å²) in [6, 6.07) is 4.96. The van der Waals surface area contributed by atoms with Crippen LogP contribution < -0.4 is 5.73 Å². The molecule has 0 saturated heterocycles. The molecular formula is C12H16N4O. The molecule has 0 fully saturated rings. The van der Waals surface area contributed by atoms with Gasteiger partial charge in [-0.2, -0.15) is 0 Å². The van der Waals surface area contributed by atoms with Crippen LogP contribution >= 0.6 is 0 Å². The third-order valence-corrected chi connectivity index (χ3v) is 2.69. The van der Waals surface area contributed by atoms with E-state index in [0.29, 0.717) is 0 Å². The fraction of sp³-hybridized carbons (Fsp3) is 0.333. The number of hydrogen-bond donors (Lipinski definition) is 2. The number of likely N-dealkylation sites (N-methyl/N-ethyl adjacent to an activating group) is 1. The third-order valence-electron chi connectivity index (χ3n) is 2.69. The van der Waals surface area contributed by atoms with E-state index >= 15 is 0 Å². The zero-order valence-corrected chi connectivity index (χ0v) is 10.2. The fourth-order valence-electron chi connectivity index (χ4n) is 1.77. The van der Waals surface area contributed by atoms with Crippen molar-refractivity contribution in [3.8, 4) is 0 Å². The van der Waals surface area contributed by atoms with Crippen LogP contribution in [0.15, 0.2) is 18.2 Å². The van der Waals surface area contributed by atoms with E-state index in [1.165, 1.54) is 4.90 Å². The number of amides is 1. The molecule has 1 aromatic carbocycles. The number of imidazole rings is 1. The lowest BCUT2D eigenvalue weighted by Gasteiger charge is -2.16. The zero-order chi connectivity index (χ0) is 12.6. The van der Waals surface area contributed by atoms with Crippen LogP contribution in [-0.4, -0.2) is 34.9 Å². The number of rotatable bonds is 2. The summed E-state index contributed by atoms with van der Waals surface area (Å²) in [5, 5.41) is 0. The number of nitrogens with two attached hydrogens (primary N) is 1. The van der Waals surface area contributed by atoms with E-state index in [0.717, 1.165) is 22.4 Å². The van der Waals surface area contributed by atoms with Crippen molar-refractivity contribution in [2.75, 3.05) is 14.1 Å². The highest BCUT2D eigenvalue weighted by Crippen LogP contribution is 2.18. The normalized spacial score (nSPS) is 12.7. The van der Waals surface area contributed by atoms with Gasteiger partial charge in [-0.25, -0.2) is 4.98 Å². The number of nitrogens with one attached hydrogen (secondary N) is 1. The fourth-order valence-corrected chi connectivity index (χ4v) is 1.77. The van der Waals surface area contributed by atoms with Crippen molar-refractivity contribution in [2.45, 2.75) is 13.0 Å². The Morgan fingerprint density at radius 2 is 2.18 bits per heavy atom. The van der Waals surface area contributed by atoms with Gasteiger partial charge in [0, 0.05) is 14.1 Å². The van der Waals surface area contributed by atoms with E-state index in [4.69, 9.17) is 5.73 Å². The van der Waals surface area contributed by atoms with E-state index in [1.807, 2.05) is 25.1 Å². The molecule has 5 heteroatoms. The van der Waals surface area contributed by atoms with Crippen LogP contribution in [0.25, 0.3) is 11.0 Å². The van der Waals surface area contributed by atoms with Gasteiger partial charge >= 0.3 is 0 Å². The monoisotopic (exact) mass is 232 g/mol. The third kappa shape index (κ3) is 2.14. The van der Waals surface area contributed by atoms with Crippen LogP contribution in [0.5, 0.6) is 0 Å². The lowest BCUT2D eigenvalue weighted by molar-refractivity contribution is -0.130. The van der Waals surface area contributed by atoms with Gasteiger partial charge in [-0.05, 0) is 24.6 Å². The van der Waals surface area contributed by atoms with E-state index in [1.54, 1.807) is 14.1 Å². The molecule has 17 heavy (non-hydrogen) atoms. The number of benzene rings is 1. The molecule has 1 amide bonds. The first-order valence-corrected chi connectivity index (χ1v) is 5.42. The van der Waals surface area contributed by atoms with Crippen LogP contribution in [0.1, 0.15) is 17.4 Å². The quantitative estimate of drug-likeness (QED) is 0.809. The van der Waals surface area contributed by atoms with Crippen molar-refractivity contribution in [1.82, 2.24) is 14.9 Å². The van der Waals surface area contributed by atoms with Gasteiger partial charge in [0.05, 0.1) is 11.0 Å². The number of fused-ring (bicyclic) bond motifs is 1. The van der Waals surface area contributed by atoms with E-state index in [-0.39, 0.29) is 5.91 Å². The molecule has 2 aromatic rings. The summed E-state index contributed by atoms with van der Waals surface area (Å²) in [6.07, 6.45) is 0. The number of aryl methyl sites for hydroxylation is 1. The predicted molar refractivity (Wildman–Crippen MR) is 66.5 cm³/mol. The first-order valence-electron chi connectivity index (χ1n) is 5.42. The first-order chi connectivity index (χ1) is 7.99. The summed E-state index contributed by atoms with van der Waals surface area (Å²) >= 11 is 0. The molecule has 0 spiro atoms. The van der Waals surface area contributed by atoms with Gasteiger partial charge in [-0.15, -0.1) is 0 Å². The molecule has 0 aliphatic carbocycles. The van der Waals surface area contributed by atoms with Gasteiger partial charge in [-0.3, -0.25) is 4.79 Å². The molecule has 2 rings (SSSR count). The van der Waals surface area contributed by atoms with Crippen molar-refractivity contribution < 1.29 is 4.79 Å². The Morgan fingerprint density at radius 3 is 2.82 bits per heavy atom. The second-order valence-electron chi connectivity index (χ2n) is 4.31. The van der Waals surface area contributed by atoms with Crippen LogP contribution in [0, 0.1) is 6.92 Å². The minimum Gasteiger partial charge on any atom is -0.347 e. The molecule has 1 aromatic heterocycles. The predicted octanol–water partition coefficient (Wildman–Crippen LogP) is 0.959. The SMILES string of the molecule is Cc1nc2ccc(C(N)C(=O)N(C)C)cc2[nH]1. The summed E-state index contributed by atoms with van der Waals surface area (Å²) in [4.78, 5) is 20.7. The van der Waals surface area contributed by atoms with Crippen molar-refractivity contribution in [2.24, 2.45) is 5.73 Å². The molecule has 90 valence electrons. The number of aromatic amines is 1. The summed E-state index contributed by atoms with van der Waals surface area (Å²) in [5.74, 6) is 0.741. The maximum absolute atomic E-state index is 11.8. The van der Waals surface area contributed by atoms with Crippen molar-refractivity contribution in [3.05, 3.63) is 29.6 Å². The number of carbonyl (C=O) groups is 1. The largest absolute Gasteiger partial charge is 0.347 e. The van der Waals surface area contributed by atoms with Gasteiger partial charge in [-0.1, -0.05) is 6.07 Å². The van der Waals surface area contributed by atoms with Gasteiger partial charge in [0.15, 0.2) is 0 Å². The van der Waals surface area contributed by atoms with E-state index < -0.39 is 6.04 Å². The highest BCUT2D eigenvalue weighted by atomic mass is 16.2. The summed E-state index contributed by atoms with van der Waals surface area (Å²) in [5.41, 5.74) is 8.49. The Morgan fingerprint density at radius 1 is 1.47 bits per heavy atom. The van der Waals surface area contributed by atoms with Crippen LogP contribution in [0.3, 0.4) is 0 Å². The smallest absolute Gasteiger partial charge is 0.243 e. The molecule has 0 aliphatic rings. The molecule has 0 aliphatic heterocycles. The zero-order valence-electron chi connectivity index (χ0n) is 10.2. The minimum absolute atomic E-state index is 0.111. The van der Waals surface area contributed by atoms with E-state index in [2.05, 4.69) is 9.97 Å². The Labute approximate surface area is 99.6 Å². The maximum Gasteiger partial charge on any atom is 0.243 e. The average Bonchev–Trinajstić information content (AvgIpc) is 2.65. The first kappa shape index (κ1) is 11.6. The molecular weight excluding hydrogens is 216 g/mol. The van der Waals surface area contributed by atoms with E-state index in [9.17, 15) is 4.79 Å². The Hall–Kier alpha value is -1.88. The second-order valence-corrected chi connectivity index (χ2v) is 4.31. The lowest BCUT2D eigenvalue weighted by Crippen LogP contribution is -2.33. The standard InChI is InChI=1S/C12H16N4O/c1-7-14-9-5-4-8(6-10(9)15-7)11(13)12(17)16(2)3/h4-6,11H,13H2,1-3H3,(H,14,15). The average molecular weight is 232 g/mol. The van der Waals surface area contributed by atoms with Gasteiger partial charge in [0.1, 0.15) is 11.9 Å². The molecule has 5 nitrogen and oxygen atoms in total. The second kappa shape index (κ2) is 4.18. The molecule has 1 unspecified atom stereocenters. The molecule has 0 radical (unpaired) electrons. The van der Waals surface area contributed by atoms with Crippen LogP contribution in [0.2, 0.25) is 0 Å². The molecule has 1 atom stereocenters. The topological polar surface area (TPSA) is 75.0 Å². The number of hydrogen-bond acceptors (Lipinski definition) is 3. The van der Waals surface area contributed by atoms with Gasteiger partial charge < -0.3 is 15.6 Å². The molecule has 0 saturated carbocycles. The highest BCUT2D eigenvalue weighted by Gasteiger charge is 2.18. The summed E-state index contributed by atoms with van der Waals surface area (Å²) in [6.45, 7) is 1.89. The molecule has 1 heterocycles. The number of nitrogens with zero attached hydrogens (tertiary/aromatic N) is 2. The van der Waals surface area contributed by atoms with Crippen molar-refractivity contribution >= 4 is 16.9 Å². The van der Waals surface area contributed by atoms with Crippen molar-refractivity contribution in [1.29, 1.82) is 0 Å². The lowest BCUT2D eigenvalue weighted by atomic mass is 10.1. The molecule has 3 N–H and O–H groups in total. The van der Waals surface area contributed by atoms with Crippen molar-refractivity contribution in [3.63, 3.8) is 0 Å². The minimum atomic E-state index is -0.627. The van der Waals surface area contributed by atoms with Gasteiger partial charge in [0.25, 0.3) is 0 Å². The van der Waals surface area contributed by atoms with Gasteiger partial charge in [0.2, 0.25) is 5.91 Å². The Bertz CT molecular complexity index is 559. The van der Waals surface area contributed by atoms with Crippen LogP contribution in [-0.2, 0) is 4.79 Å².